The fraction of sp³-hybridized carbons (Fsp3) is 0.429. The molecule has 6 nitrogen and oxygen atoms in total. The van der Waals surface area contributed by atoms with E-state index in [1.807, 2.05) is 19.1 Å². The van der Waals surface area contributed by atoms with Gasteiger partial charge in [0.05, 0.1) is 16.8 Å². The molecule has 0 bridgehead atoms. The molecule has 118 valence electrons. The first-order valence-corrected chi connectivity index (χ1v) is 9.66. The van der Waals surface area contributed by atoms with Crippen LogP contribution >= 0.6 is 11.3 Å². The van der Waals surface area contributed by atoms with Gasteiger partial charge in [0, 0.05) is 30.1 Å². The number of carbonyl (C=O) groups is 1. The van der Waals surface area contributed by atoms with Gasteiger partial charge in [-0.05, 0) is 25.5 Å². The molecule has 1 N–H and O–H groups in total. The minimum Gasteiger partial charge on any atom is -0.337 e. The summed E-state index contributed by atoms with van der Waals surface area (Å²) in [7, 11) is -3.31. The van der Waals surface area contributed by atoms with Crippen molar-refractivity contribution in [2.45, 2.75) is 24.2 Å². The Morgan fingerprint density at radius 1 is 1.45 bits per heavy atom. The molecule has 1 atom stereocenters. The molecule has 1 aliphatic heterocycles. The van der Waals surface area contributed by atoms with Crippen LogP contribution in [0.5, 0.6) is 0 Å². The van der Waals surface area contributed by atoms with Crippen LogP contribution in [0.15, 0.2) is 23.2 Å². The Morgan fingerprint density at radius 3 is 2.86 bits per heavy atom. The molecule has 0 aromatic carbocycles. The van der Waals surface area contributed by atoms with Gasteiger partial charge in [0.2, 0.25) is 0 Å². The number of aromatic amines is 1. The highest BCUT2D eigenvalue weighted by Crippen LogP contribution is 2.31. The number of hydrogen-bond acceptors (Lipinski definition) is 5. The topological polar surface area (TPSA) is 83.1 Å². The van der Waals surface area contributed by atoms with E-state index >= 15 is 0 Å². The molecule has 1 aliphatic rings. The van der Waals surface area contributed by atoms with Gasteiger partial charge in [-0.1, -0.05) is 0 Å². The van der Waals surface area contributed by atoms with E-state index in [-0.39, 0.29) is 16.7 Å². The van der Waals surface area contributed by atoms with Crippen molar-refractivity contribution in [2.24, 2.45) is 0 Å². The average Bonchev–Trinajstić information content (AvgIpc) is 3.16. The van der Waals surface area contributed by atoms with Crippen LogP contribution < -0.4 is 0 Å². The van der Waals surface area contributed by atoms with Gasteiger partial charge in [0.1, 0.15) is 4.90 Å². The SMILES string of the molecule is Cc1ccc(C(=O)N2CC[C@H](c3[nH]ncc3S(C)(=O)=O)C2)s1. The summed E-state index contributed by atoms with van der Waals surface area (Å²) >= 11 is 1.48. The van der Waals surface area contributed by atoms with Crippen molar-refractivity contribution in [2.75, 3.05) is 19.3 Å². The molecule has 0 radical (unpaired) electrons. The lowest BCUT2D eigenvalue weighted by molar-refractivity contribution is 0.0795. The molecule has 0 spiro atoms. The second-order valence-electron chi connectivity index (χ2n) is 5.57. The van der Waals surface area contributed by atoms with Gasteiger partial charge in [-0.2, -0.15) is 5.10 Å². The lowest BCUT2D eigenvalue weighted by Crippen LogP contribution is -2.27. The molecular weight excluding hydrogens is 322 g/mol. The Kier molecular flexibility index (Phi) is 3.82. The zero-order valence-corrected chi connectivity index (χ0v) is 14.0. The van der Waals surface area contributed by atoms with Crippen molar-refractivity contribution < 1.29 is 13.2 Å². The first-order valence-electron chi connectivity index (χ1n) is 6.95. The Hall–Kier alpha value is -1.67. The Balaban J connectivity index is 1.78. The van der Waals surface area contributed by atoms with Gasteiger partial charge in [-0.15, -0.1) is 11.3 Å². The standard InChI is InChI=1S/C14H17N3O3S2/c1-9-3-4-11(21-9)14(18)17-6-5-10(8-17)13-12(7-15-16-13)22(2,19)20/h3-4,7,10H,5-6,8H2,1-2H3,(H,15,16)/t10-/m0/s1. The van der Waals surface area contributed by atoms with Gasteiger partial charge in [-0.3, -0.25) is 9.89 Å². The molecule has 1 amide bonds. The summed E-state index contributed by atoms with van der Waals surface area (Å²) in [4.78, 5) is 16.3. The summed E-state index contributed by atoms with van der Waals surface area (Å²) in [5, 5.41) is 6.65. The fourth-order valence-corrected chi connectivity index (χ4v) is 4.45. The maximum Gasteiger partial charge on any atom is 0.263 e. The number of sulfone groups is 1. The Labute approximate surface area is 133 Å². The van der Waals surface area contributed by atoms with E-state index in [0.717, 1.165) is 16.2 Å². The molecule has 2 aromatic heterocycles. The summed E-state index contributed by atoms with van der Waals surface area (Å²) < 4.78 is 23.5. The number of nitrogens with zero attached hydrogens (tertiary/aromatic N) is 2. The molecule has 0 saturated carbocycles. The van der Waals surface area contributed by atoms with Gasteiger partial charge < -0.3 is 4.90 Å². The molecule has 2 aromatic rings. The van der Waals surface area contributed by atoms with Gasteiger partial charge in [0.25, 0.3) is 5.91 Å². The van der Waals surface area contributed by atoms with Crippen LogP contribution in [0.2, 0.25) is 0 Å². The van der Waals surface area contributed by atoms with Crippen molar-refractivity contribution >= 4 is 27.1 Å². The molecule has 8 heteroatoms. The van der Waals surface area contributed by atoms with E-state index < -0.39 is 9.84 Å². The third-order valence-corrected chi connectivity index (χ3v) is 5.98. The summed E-state index contributed by atoms with van der Waals surface area (Å²) in [5.74, 6) is -0.00162. The summed E-state index contributed by atoms with van der Waals surface area (Å²) in [6.07, 6.45) is 3.26. The minimum absolute atomic E-state index is 0.0148. The van der Waals surface area contributed by atoms with Crippen LogP contribution in [0.25, 0.3) is 0 Å². The van der Waals surface area contributed by atoms with Crippen LogP contribution in [0.4, 0.5) is 0 Å². The number of carbonyl (C=O) groups excluding carboxylic acids is 1. The van der Waals surface area contributed by atoms with Crippen LogP contribution in [0, 0.1) is 6.92 Å². The molecule has 3 heterocycles. The van der Waals surface area contributed by atoms with Crippen LogP contribution in [0.1, 0.15) is 32.6 Å². The van der Waals surface area contributed by atoms with Crippen molar-refractivity contribution in [1.29, 1.82) is 0 Å². The third kappa shape index (κ3) is 2.80. The number of thiophene rings is 1. The normalized spacial score (nSPS) is 18.8. The smallest absolute Gasteiger partial charge is 0.263 e. The highest BCUT2D eigenvalue weighted by atomic mass is 32.2. The second kappa shape index (κ2) is 5.51. The van der Waals surface area contributed by atoms with E-state index in [2.05, 4.69) is 10.2 Å². The van der Waals surface area contributed by atoms with Crippen molar-refractivity contribution in [3.63, 3.8) is 0 Å². The van der Waals surface area contributed by atoms with E-state index in [1.54, 1.807) is 4.90 Å². The average molecular weight is 339 g/mol. The van der Waals surface area contributed by atoms with Gasteiger partial charge in [-0.25, -0.2) is 8.42 Å². The molecular formula is C14H17N3O3S2. The first-order chi connectivity index (χ1) is 10.4. The first kappa shape index (κ1) is 15.2. The van der Waals surface area contributed by atoms with E-state index in [0.29, 0.717) is 18.8 Å². The van der Waals surface area contributed by atoms with Crippen LogP contribution in [-0.4, -0.2) is 48.8 Å². The summed E-state index contributed by atoms with van der Waals surface area (Å²) in [6, 6.07) is 3.77. The van der Waals surface area contributed by atoms with Crippen molar-refractivity contribution in [3.8, 4) is 0 Å². The number of aromatic nitrogens is 2. The number of rotatable bonds is 3. The zero-order valence-electron chi connectivity index (χ0n) is 12.4. The largest absolute Gasteiger partial charge is 0.337 e. The number of amides is 1. The predicted octanol–water partition coefficient (Wildman–Crippen LogP) is 1.81. The fourth-order valence-electron chi connectivity index (χ4n) is 2.76. The maximum atomic E-state index is 12.4. The number of hydrogen-bond donors (Lipinski definition) is 1. The lowest BCUT2D eigenvalue weighted by Gasteiger charge is -2.15. The van der Waals surface area contributed by atoms with Crippen molar-refractivity contribution in [3.05, 3.63) is 33.8 Å². The predicted molar refractivity (Wildman–Crippen MR) is 84.0 cm³/mol. The molecule has 1 saturated heterocycles. The summed E-state index contributed by atoms with van der Waals surface area (Å²) in [5.41, 5.74) is 0.611. The number of likely N-dealkylation sites (tertiary alicyclic amines) is 1. The van der Waals surface area contributed by atoms with Crippen molar-refractivity contribution in [1.82, 2.24) is 15.1 Å². The Bertz CT molecular complexity index is 807. The second-order valence-corrected chi connectivity index (χ2v) is 8.84. The zero-order chi connectivity index (χ0) is 15.9. The quantitative estimate of drug-likeness (QED) is 0.924. The molecule has 3 rings (SSSR count). The molecule has 0 unspecified atom stereocenters. The van der Waals surface area contributed by atoms with Gasteiger partial charge in [0.15, 0.2) is 9.84 Å². The number of H-pyrrole nitrogens is 1. The lowest BCUT2D eigenvalue weighted by atomic mass is 10.1. The monoisotopic (exact) mass is 339 g/mol. The summed E-state index contributed by atoms with van der Waals surface area (Å²) in [6.45, 7) is 3.11. The minimum atomic E-state index is -3.31. The number of aryl methyl sites for hydroxylation is 1. The molecule has 22 heavy (non-hydrogen) atoms. The maximum absolute atomic E-state index is 12.4. The van der Waals surface area contributed by atoms with Gasteiger partial charge >= 0.3 is 0 Å². The highest BCUT2D eigenvalue weighted by molar-refractivity contribution is 7.90. The van der Waals surface area contributed by atoms with E-state index in [1.165, 1.54) is 23.8 Å². The van der Waals surface area contributed by atoms with Crippen LogP contribution in [0.3, 0.4) is 0 Å². The van der Waals surface area contributed by atoms with Crippen LogP contribution in [-0.2, 0) is 9.84 Å². The third-order valence-electron chi connectivity index (χ3n) is 3.87. The van der Waals surface area contributed by atoms with E-state index in [9.17, 15) is 13.2 Å². The van der Waals surface area contributed by atoms with E-state index in [4.69, 9.17) is 0 Å². The Morgan fingerprint density at radius 2 is 2.23 bits per heavy atom. The molecule has 0 aliphatic carbocycles. The highest BCUT2D eigenvalue weighted by Gasteiger charge is 2.32. The molecule has 1 fully saturated rings. The number of nitrogens with one attached hydrogen (secondary N) is 1.